The molecule has 4 heteroatoms. The van der Waals surface area contributed by atoms with Crippen LogP contribution in [0.3, 0.4) is 0 Å². The summed E-state index contributed by atoms with van der Waals surface area (Å²) in [6, 6.07) is 8.48. The molecule has 19 heavy (non-hydrogen) atoms. The van der Waals surface area contributed by atoms with Crippen molar-refractivity contribution < 1.29 is 0 Å². The summed E-state index contributed by atoms with van der Waals surface area (Å²) in [6.45, 7) is 5.52. The van der Waals surface area contributed by atoms with Crippen LogP contribution in [0.15, 0.2) is 24.3 Å². The molecule has 1 aromatic rings. The minimum atomic E-state index is 0.616. The van der Waals surface area contributed by atoms with Crippen molar-refractivity contribution in [2.45, 2.75) is 32.4 Å². The van der Waals surface area contributed by atoms with Crippen molar-refractivity contribution in [2.24, 2.45) is 11.5 Å². The molecule has 108 valence electrons. The Hall–Kier alpha value is -0.940. The molecule has 0 heterocycles. The van der Waals surface area contributed by atoms with Gasteiger partial charge in [0.25, 0.3) is 0 Å². The average molecular weight is 264 g/mol. The van der Waals surface area contributed by atoms with Crippen LogP contribution in [-0.2, 0) is 13.1 Å². The van der Waals surface area contributed by atoms with E-state index in [1.807, 2.05) is 0 Å². The Labute approximate surface area is 116 Å². The number of unbranched alkanes of at least 4 members (excludes halogenated alkanes) is 1. The van der Waals surface area contributed by atoms with Gasteiger partial charge in [-0.3, -0.25) is 0 Å². The molecule has 0 radical (unpaired) electrons. The molecule has 0 aliphatic heterocycles. The van der Waals surface area contributed by atoms with Crippen LogP contribution in [-0.4, -0.2) is 26.2 Å². The third-order valence-corrected chi connectivity index (χ3v) is 3.10. The highest BCUT2D eigenvalue weighted by atomic mass is 14.9. The lowest BCUT2D eigenvalue weighted by Gasteiger charge is -2.06. The van der Waals surface area contributed by atoms with Gasteiger partial charge in [-0.15, -0.1) is 0 Å². The van der Waals surface area contributed by atoms with Gasteiger partial charge in [0.1, 0.15) is 0 Å². The van der Waals surface area contributed by atoms with Gasteiger partial charge < -0.3 is 22.1 Å². The van der Waals surface area contributed by atoms with Crippen LogP contribution in [0.5, 0.6) is 0 Å². The van der Waals surface area contributed by atoms with Crippen molar-refractivity contribution >= 4 is 0 Å². The molecule has 0 bridgehead atoms. The summed E-state index contributed by atoms with van der Waals surface area (Å²) in [7, 11) is 0. The molecule has 0 aliphatic carbocycles. The smallest absolute Gasteiger partial charge is 0.0205 e. The van der Waals surface area contributed by atoms with Gasteiger partial charge in [0, 0.05) is 13.1 Å². The van der Waals surface area contributed by atoms with Gasteiger partial charge in [-0.05, 0) is 56.6 Å². The summed E-state index contributed by atoms with van der Waals surface area (Å²) in [5.41, 5.74) is 13.5. The fourth-order valence-corrected chi connectivity index (χ4v) is 1.88. The first-order valence-electron chi connectivity index (χ1n) is 7.26. The Morgan fingerprint density at radius 1 is 0.737 bits per heavy atom. The zero-order chi connectivity index (χ0) is 13.8. The van der Waals surface area contributed by atoms with Crippen molar-refractivity contribution in [3.63, 3.8) is 0 Å². The summed E-state index contributed by atoms with van der Waals surface area (Å²) in [4.78, 5) is 0. The van der Waals surface area contributed by atoms with Gasteiger partial charge in [0.05, 0.1) is 0 Å². The molecule has 0 unspecified atom stereocenters. The predicted octanol–water partition coefficient (Wildman–Crippen LogP) is 0.954. The zero-order valence-electron chi connectivity index (χ0n) is 11.8. The SMILES string of the molecule is NCCCNCCCCNCc1ccc(CN)cc1. The molecule has 0 saturated carbocycles. The normalized spacial score (nSPS) is 10.8. The number of hydrogen-bond donors (Lipinski definition) is 4. The van der Waals surface area contributed by atoms with Gasteiger partial charge in [-0.25, -0.2) is 0 Å². The topological polar surface area (TPSA) is 76.1 Å². The van der Waals surface area contributed by atoms with Crippen LogP contribution < -0.4 is 22.1 Å². The molecular formula is C15H28N4. The van der Waals surface area contributed by atoms with E-state index >= 15 is 0 Å². The van der Waals surface area contributed by atoms with Crippen LogP contribution in [0, 0.1) is 0 Å². The maximum Gasteiger partial charge on any atom is 0.0205 e. The first-order chi connectivity index (χ1) is 9.36. The van der Waals surface area contributed by atoms with E-state index in [0.717, 1.165) is 39.1 Å². The highest BCUT2D eigenvalue weighted by Crippen LogP contribution is 2.03. The summed E-state index contributed by atoms with van der Waals surface area (Å²) >= 11 is 0. The number of benzene rings is 1. The van der Waals surface area contributed by atoms with E-state index in [0.29, 0.717) is 6.54 Å². The minimum Gasteiger partial charge on any atom is -0.330 e. The molecule has 0 aromatic heterocycles. The lowest BCUT2D eigenvalue weighted by molar-refractivity contribution is 0.575. The Balaban J connectivity index is 1.95. The first-order valence-corrected chi connectivity index (χ1v) is 7.26. The molecule has 6 N–H and O–H groups in total. The highest BCUT2D eigenvalue weighted by Gasteiger charge is 1.94. The number of nitrogens with two attached hydrogens (primary N) is 2. The van der Waals surface area contributed by atoms with E-state index < -0.39 is 0 Å². The van der Waals surface area contributed by atoms with Crippen LogP contribution in [0.1, 0.15) is 30.4 Å². The van der Waals surface area contributed by atoms with Gasteiger partial charge in [-0.1, -0.05) is 24.3 Å². The fourth-order valence-electron chi connectivity index (χ4n) is 1.88. The molecule has 1 rings (SSSR count). The standard InChI is InChI=1S/C15H28N4/c16-8-3-11-18-9-1-2-10-19-13-15-6-4-14(12-17)5-7-15/h4-7,18-19H,1-3,8-13,16-17H2. The number of hydrogen-bond acceptors (Lipinski definition) is 4. The van der Waals surface area contributed by atoms with E-state index in [2.05, 4.69) is 34.9 Å². The summed E-state index contributed by atoms with van der Waals surface area (Å²) in [5, 5.41) is 6.85. The maximum atomic E-state index is 5.57. The molecule has 0 spiro atoms. The fraction of sp³-hybridized carbons (Fsp3) is 0.600. The third-order valence-electron chi connectivity index (χ3n) is 3.10. The molecule has 0 fully saturated rings. The first kappa shape index (κ1) is 16.1. The van der Waals surface area contributed by atoms with Crippen LogP contribution >= 0.6 is 0 Å². The highest BCUT2D eigenvalue weighted by molar-refractivity contribution is 5.22. The Morgan fingerprint density at radius 3 is 1.95 bits per heavy atom. The van der Waals surface area contributed by atoms with Crippen molar-refractivity contribution in [1.29, 1.82) is 0 Å². The lowest BCUT2D eigenvalue weighted by atomic mass is 10.1. The third kappa shape index (κ3) is 7.95. The number of rotatable bonds is 11. The van der Waals surface area contributed by atoms with E-state index in [9.17, 15) is 0 Å². The molecular weight excluding hydrogens is 236 g/mol. The summed E-state index contributed by atoms with van der Waals surface area (Å²) in [5.74, 6) is 0. The predicted molar refractivity (Wildman–Crippen MR) is 81.8 cm³/mol. The Kier molecular flexibility index (Phi) is 9.27. The minimum absolute atomic E-state index is 0.616. The van der Waals surface area contributed by atoms with Crippen LogP contribution in [0.4, 0.5) is 0 Å². The Bertz CT molecular complexity index is 310. The zero-order valence-corrected chi connectivity index (χ0v) is 11.8. The van der Waals surface area contributed by atoms with E-state index in [1.54, 1.807) is 0 Å². The molecule has 0 amide bonds. The molecule has 0 saturated heterocycles. The maximum absolute atomic E-state index is 5.57. The van der Waals surface area contributed by atoms with Crippen LogP contribution in [0.2, 0.25) is 0 Å². The summed E-state index contributed by atoms with van der Waals surface area (Å²) < 4.78 is 0. The van der Waals surface area contributed by atoms with Gasteiger partial charge in [0.15, 0.2) is 0 Å². The van der Waals surface area contributed by atoms with Crippen molar-refractivity contribution in [2.75, 3.05) is 26.2 Å². The van der Waals surface area contributed by atoms with Gasteiger partial charge >= 0.3 is 0 Å². The number of nitrogens with one attached hydrogen (secondary N) is 2. The largest absolute Gasteiger partial charge is 0.330 e. The monoisotopic (exact) mass is 264 g/mol. The molecule has 0 atom stereocenters. The second-order valence-electron chi connectivity index (χ2n) is 4.80. The lowest BCUT2D eigenvalue weighted by Crippen LogP contribution is -2.21. The van der Waals surface area contributed by atoms with Gasteiger partial charge in [0.2, 0.25) is 0 Å². The van der Waals surface area contributed by atoms with E-state index in [1.165, 1.54) is 24.0 Å². The second-order valence-corrected chi connectivity index (χ2v) is 4.80. The van der Waals surface area contributed by atoms with E-state index in [4.69, 9.17) is 11.5 Å². The molecule has 4 nitrogen and oxygen atoms in total. The molecule has 0 aliphatic rings. The average Bonchev–Trinajstić information content (AvgIpc) is 2.46. The van der Waals surface area contributed by atoms with E-state index in [-0.39, 0.29) is 0 Å². The Morgan fingerprint density at radius 2 is 1.32 bits per heavy atom. The summed E-state index contributed by atoms with van der Waals surface area (Å²) in [6.07, 6.45) is 3.48. The van der Waals surface area contributed by atoms with Crippen molar-refractivity contribution in [3.05, 3.63) is 35.4 Å². The van der Waals surface area contributed by atoms with Crippen molar-refractivity contribution in [3.8, 4) is 0 Å². The second kappa shape index (κ2) is 10.9. The quantitative estimate of drug-likeness (QED) is 0.449. The van der Waals surface area contributed by atoms with Crippen LogP contribution in [0.25, 0.3) is 0 Å². The molecule has 1 aromatic carbocycles. The van der Waals surface area contributed by atoms with Crippen molar-refractivity contribution in [1.82, 2.24) is 10.6 Å². The van der Waals surface area contributed by atoms with Gasteiger partial charge in [-0.2, -0.15) is 0 Å².